The van der Waals surface area contributed by atoms with Gasteiger partial charge in [-0.15, -0.1) is 0 Å². The summed E-state index contributed by atoms with van der Waals surface area (Å²) in [7, 11) is 0. The number of nitrogens with zero attached hydrogens (tertiary/aromatic N) is 2. The summed E-state index contributed by atoms with van der Waals surface area (Å²) in [5.41, 5.74) is 3.95. The summed E-state index contributed by atoms with van der Waals surface area (Å²) in [5.74, 6) is 8.58. The molecule has 2 heterocycles. The predicted molar refractivity (Wildman–Crippen MR) is 57.5 cm³/mol. The summed E-state index contributed by atoms with van der Waals surface area (Å²) in [5, 5.41) is 0. The van der Waals surface area contributed by atoms with E-state index in [4.69, 9.17) is 5.84 Å². The van der Waals surface area contributed by atoms with Crippen LogP contribution >= 0.6 is 11.8 Å². The van der Waals surface area contributed by atoms with Crippen LogP contribution in [0.2, 0.25) is 0 Å². The van der Waals surface area contributed by atoms with Crippen LogP contribution in [0.1, 0.15) is 18.0 Å². The molecular weight excluding hydrogens is 196 g/mol. The first-order valence-corrected chi connectivity index (χ1v) is 5.86. The van der Waals surface area contributed by atoms with Crippen molar-refractivity contribution in [2.24, 2.45) is 11.8 Å². The maximum Gasteiger partial charge on any atom is 0.115 e. The van der Waals surface area contributed by atoms with Crippen molar-refractivity contribution in [2.45, 2.75) is 12.5 Å². The molecule has 1 saturated heterocycles. The Hall–Kier alpha value is -0.650. The van der Waals surface area contributed by atoms with Gasteiger partial charge in [-0.3, -0.25) is 11.3 Å². The number of hydrazine groups is 1. The van der Waals surface area contributed by atoms with Crippen LogP contribution in [0.15, 0.2) is 18.7 Å². The van der Waals surface area contributed by atoms with Crippen LogP contribution in [-0.2, 0) is 0 Å². The van der Waals surface area contributed by atoms with Gasteiger partial charge in [-0.2, -0.15) is 11.8 Å². The minimum absolute atomic E-state index is 0.200. The smallest absolute Gasteiger partial charge is 0.115 e. The first-order valence-electron chi connectivity index (χ1n) is 4.70. The zero-order chi connectivity index (χ0) is 9.80. The maximum absolute atomic E-state index is 5.57. The summed E-state index contributed by atoms with van der Waals surface area (Å²) in [4.78, 5) is 8.02. The lowest BCUT2D eigenvalue weighted by Gasteiger charge is -2.21. The maximum atomic E-state index is 5.57. The van der Waals surface area contributed by atoms with Crippen molar-refractivity contribution in [3.05, 3.63) is 24.3 Å². The van der Waals surface area contributed by atoms with E-state index in [-0.39, 0.29) is 6.04 Å². The van der Waals surface area contributed by atoms with E-state index in [0.29, 0.717) is 5.92 Å². The molecule has 2 unspecified atom stereocenters. The highest BCUT2D eigenvalue weighted by atomic mass is 32.2. The van der Waals surface area contributed by atoms with Gasteiger partial charge in [0.15, 0.2) is 0 Å². The van der Waals surface area contributed by atoms with Gasteiger partial charge in [-0.05, 0) is 23.8 Å². The van der Waals surface area contributed by atoms with Crippen LogP contribution in [-0.4, -0.2) is 21.5 Å². The van der Waals surface area contributed by atoms with Gasteiger partial charge in [0.2, 0.25) is 0 Å². The number of nitrogens with two attached hydrogens (primary N) is 1. The van der Waals surface area contributed by atoms with E-state index in [9.17, 15) is 0 Å². The Labute approximate surface area is 87.7 Å². The SMILES string of the molecule is NNC(c1cncnc1)C1CCSC1. The summed E-state index contributed by atoms with van der Waals surface area (Å²) >= 11 is 1.98. The van der Waals surface area contributed by atoms with Gasteiger partial charge in [-0.25, -0.2) is 9.97 Å². The quantitative estimate of drug-likeness (QED) is 0.569. The molecule has 14 heavy (non-hydrogen) atoms. The van der Waals surface area contributed by atoms with Gasteiger partial charge in [0.1, 0.15) is 6.33 Å². The Bertz CT molecular complexity index is 273. The Kier molecular flexibility index (Phi) is 3.34. The Morgan fingerprint density at radius 3 is 2.86 bits per heavy atom. The van der Waals surface area contributed by atoms with E-state index >= 15 is 0 Å². The lowest BCUT2D eigenvalue weighted by atomic mass is 9.95. The van der Waals surface area contributed by atoms with E-state index in [1.165, 1.54) is 17.9 Å². The van der Waals surface area contributed by atoms with E-state index in [0.717, 1.165) is 5.56 Å². The van der Waals surface area contributed by atoms with Gasteiger partial charge in [0.25, 0.3) is 0 Å². The van der Waals surface area contributed by atoms with E-state index in [1.807, 2.05) is 24.2 Å². The molecule has 1 aliphatic rings. The van der Waals surface area contributed by atoms with Crippen LogP contribution in [0.4, 0.5) is 0 Å². The molecule has 0 radical (unpaired) electrons. The molecule has 0 spiro atoms. The largest absolute Gasteiger partial charge is 0.271 e. The van der Waals surface area contributed by atoms with Crippen LogP contribution in [0.5, 0.6) is 0 Å². The number of hydrogen-bond acceptors (Lipinski definition) is 5. The molecule has 2 atom stereocenters. The average molecular weight is 210 g/mol. The van der Waals surface area contributed by atoms with Crippen LogP contribution in [0.3, 0.4) is 0 Å². The van der Waals surface area contributed by atoms with Crippen molar-refractivity contribution in [1.29, 1.82) is 0 Å². The lowest BCUT2D eigenvalue weighted by molar-refractivity contribution is 0.398. The van der Waals surface area contributed by atoms with Gasteiger partial charge < -0.3 is 0 Å². The topological polar surface area (TPSA) is 63.8 Å². The standard InChI is InChI=1S/C9H14N4S/c10-13-9(7-1-2-14-5-7)8-3-11-6-12-4-8/h3-4,6-7,9,13H,1-2,5,10H2. The highest BCUT2D eigenvalue weighted by Crippen LogP contribution is 2.33. The van der Waals surface area contributed by atoms with Gasteiger partial charge in [0, 0.05) is 18.0 Å². The normalized spacial score (nSPS) is 23.6. The molecule has 1 aromatic rings. The molecule has 3 N–H and O–H groups in total. The lowest BCUT2D eigenvalue weighted by Crippen LogP contribution is -2.33. The fourth-order valence-corrected chi connectivity index (χ4v) is 3.09. The summed E-state index contributed by atoms with van der Waals surface area (Å²) in [6, 6.07) is 0.200. The third kappa shape index (κ3) is 2.05. The molecule has 0 aliphatic carbocycles. The van der Waals surface area contributed by atoms with E-state index in [1.54, 1.807) is 6.33 Å². The number of thioether (sulfide) groups is 1. The van der Waals surface area contributed by atoms with Crippen molar-refractivity contribution >= 4 is 11.8 Å². The molecule has 1 aliphatic heterocycles. The average Bonchev–Trinajstić information content (AvgIpc) is 2.74. The summed E-state index contributed by atoms with van der Waals surface area (Å²) in [6.45, 7) is 0. The minimum atomic E-state index is 0.200. The molecule has 5 heteroatoms. The molecule has 1 aromatic heterocycles. The second kappa shape index (κ2) is 4.72. The van der Waals surface area contributed by atoms with Crippen LogP contribution in [0, 0.1) is 5.92 Å². The highest BCUT2D eigenvalue weighted by Gasteiger charge is 2.25. The number of hydrogen-bond donors (Lipinski definition) is 2. The fraction of sp³-hybridized carbons (Fsp3) is 0.556. The van der Waals surface area contributed by atoms with Crippen LogP contribution in [0.25, 0.3) is 0 Å². The summed E-state index contributed by atoms with van der Waals surface area (Å²) < 4.78 is 0. The molecule has 0 amide bonds. The first kappa shape index (κ1) is 9.89. The Balaban J connectivity index is 2.12. The van der Waals surface area contributed by atoms with Gasteiger partial charge in [0.05, 0.1) is 6.04 Å². The highest BCUT2D eigenvalue weighted by molar-refractivity contribution is 7.99. The third-order valence-corrected chi connectivity index (χ3v) is 3.74. The summed E-state index contributed by atoms with van der Waals surface area (Å²) in [6.07, 6.45) is 6.43. The molecule has 1 fully saturated rings. The van der Waals surface area contributed by atoms with Crippen LogP contribution < -0.4 is 11.3 Å². The second-order valence-corrected chi connectivity index (χ2v) is 4.59. The zero-order valence-corrected chi connectivity index (χ0v) is 8.70. The van der Waals surface area contributed by atoms with Gasteiger partial charge >= 0.3 is 0 Å². The third-order valence-electron chi connectivity index (χ3n) is 2.56. The Morgan fingerprint density at radius 2 is 2.29 bits per heavy atom. The van der Waals surface area contributed by atoms with Crippen molar-refractivity contribution in [3.8, 4) is 0 Å². The van der Waals surface area contributed by atoms with E-state index < -0.39 is 0 Å². The fourth-order valence-electron chi connectivity index (χ4n) is 1.79. The van der Waals surface area contributed by atoms with Gasteiger partial charge in [-0.1, -0.05) is 0 Å². The second-order valence-electron chi connectivity index (χ2n) is 3.44. The zero-order valence-electron chi connectivity index (χ0n) is 7.89. The molecule has 0 saturated carbocycles. The molecule has 0 bridgehead atoms. The number of nitrogens with one attached hydrogen (secondary N) is 1. The van der Waals surface area contributed by atoms with Crippen molar-refractivity contribution in [3.63, 3.8) is 0 Å². The number of rotatable bonds is 3. The molecule has 76 valence electrons. The van der Waals surface area contributed by atoms with Crippen molar-refractivity contribution in [1.82, 2.24) is 15.4 Å². The predicted octanol–water partition coefficient (Wildman–Crippen LogP) is 0.734. The molecule has 4 nitrogen and oxygen atoms in total. The molecule has 0 aromatic carbocycles. The molecule has 2 rings (SSSR count). The van der Waals surface area contributed by atoms with Crippen molar-refractivity contribution < 1.29 is 0 Å². The number of aromatic nitrogens is 2. The Morgan fingerprint density at radius 1 is 1.50 bits per heavy atom. The minimum Gasteiger partial charge on any atom is -0.271 e. The molecular formula is C9H14N4S. The van der Waals surface area contributed by atoms with Crippen molar-refractivity contribution in [2.75, 3.05) is 11.5 Å². The monoisotopic (exact) mass is 210 g/mol. The van der Waals surface area contributed by atoms with E-state index in [2.05, 4.69) is 15.4 Å². The first-order chi connectivity index (χ1) is 6.92.